The van der Waals surface area contributed by atoms with Crippen LogP contribution in [0.2, 0.25) is 0 Å². The number of benzene rings is 2. The monoisotopic (exact) mass is 373 g/mol. The number of nitrogens with zero attached hydrogens (tertiary/aromatic N) is 2. The fourth-order valence-electron chi connectivity index (χ4n) is 2.00. The van der Waals surface area contributed by atoms with Gasteiger partial charge >= 0.3 is 0 Å². The lowest BCUT2D eigenvalue weighted by Crippen LogP contribution is -2.17. The molecule has 0 unspecified atom stereocenters. The highest BCUT2D eigenvalue weighted by Crippen LogP contribution is 2.19. The molecule has 0 saturated carbocycles. The Morgan fingerprint density at radius 2 is 1.73 bits per heavy atom. The molecule has 0 spiro atoms. The van der Waals surface area contributed by atoms with Gasteiger partial charge in [-0.2, -0.15) is 13.7 Å². The fourth-order valence-corrected chi connectivity index (χ4v) is 2.48. The summed E-state index contributed by atoms with van der Waals surface area (Å²) in [5.74, 6) is -0.588. The first-order chi connectivity index (χ1) is 12.2. The summed E-state index contributed by atoms with van der Waals surface area (Å²) >= 11 is 0. The lowest BCUT2D eigenvalue weighted by Gasteiger charge is -2.15. The Balaban J connectivity index is 2.15. The molecule has 0 heterocycles. The topological polar surface area (TPSA) is 131 Å². The summed E-state index contributed by atoms with van der Waals surface area (Å²) in [6.07, 6.45) is 1.33. The maximum atomic E-state index is 12.2. The number of nitrogens with one attached hydrogen (secondary N) is 1. The van der Waals surface area contributed by atoms with Crippen molar-refractivity contribution in [1.29, 1.82) is 5.26 Å². The van der Waals surface area contributed by atoms with Crippen molar-refractivity contribution in [3.05, 3.63) is 60.3 Å². The van der Waals surface area contributed by atoms with E-state index in [1.807, 2.05) is 0 Å². The van der Waals surface area contributed by atoms with E-state index < -0.39 is 16.0 Å². The Morgan fingerprint density at radius 1 is 1.15 bits per heavy atom. The fraction of sp³-hybridized carbons (Fsp3) is 0.0588. The van der Waals surface area contributed by atoms with E-state index in [2.05, 4.69) is 5.32 Å². The standard InChI is InChI=1S/C17H15N3O5S/c1-20(14-4-6-15(21)7-5-14)11-12(10-18)17(22)19-13-2-8-16(9-3-13)26(23,24)25/h2-9,11,21H,1H3,(H,19,22)(H,23,24,25)/b12-11-. The van der Waals surface area contributed by atoms with Gasteiger partial charge in [0.25, 0.3) is 16.0 Å². The molecule has 3 N–H and O–H groups in total. The Morgan fingerprint density at radius 3 is 2.23 bits per heavy atom. The third kappa shape index (κ3) is 4.83. The van der Waals surface area contributed by atoms with Gasteiger partial charge in [0.05, 0.1) is 4.90 Å². The van der Waals surface area contributed by atoms with Crippen molar-refractivity contribution in [1.82, 2.24) is 0 Å². The van der Waals surface area contributed by atoms with Crippen molar-refractivity contribution in [2.45, 2.75) is 4.90 Å². The normalized spacial score (nSPS) is 11.5. The van der Waals surface area contributed by atoms with Crippen molar-refractivity contribution in [3.8, 4) is 11.8 Å². The van der Waals surface area contributed by atoms with Gasteiger partial charge in [0.1, 0.15) is 17.4 Å². The summed E-state index contributed by atoms with van der Waals surface area (Å²) in [7, 11) is -2.68. The summed E-state index contributed by atoms with van der Waals surface area (Å²) in [4.78, 5) is 13.4. The average Bonchev–Trinajstić information content (AvgIpc) is 2.59. The summed E-state index contributed by atoms with van der Waals surface area (Å²) in [5.41, 5.74) is 0.733. The first-order valence-corrected chi connectivity index (χ1v) is 8.67. The molecule has 2 rings (SSSR count). The second-order valence-electron chi connectivity index (χ2n) is 5.24. The number of phenols is 1. The van der Waals surface area contributed by atoms with E-state index in [1.165, 1.54) is 30.5 Å². The van der Waals surface area contributed by atoms with Crippen LogP contribution in [0, 0.1) is 11.3 Å². The number of amides is 1. The molecule has 8 nitrogen and oxygen atoms in total. The number of hydrogen-bond acceptors (Lipinski definition) is 6. The number of carbonyl (C=O) groups excluding carboxylic acids is 1. The number of carbonyl (C=O) groups is 1. The molecular weight excluding hydrogens is 358 g/mol. The van der Waals surface area contributed by atoms with Gasteiger partial charge in [0.15, 0.2) is 0 Å². The van der Waals surface area contributed by atoms with Crippen LogP contribution in [0.25, 0.3) is 0 Å². The van der Waals surface area contributed by atoms with Crippen molar-refractivity contribution in [3.63, 3.8) is 0 Å². The van der Waals surface area contributed by atoms with Crippen LogP contribution in [0.4, 0.5) is 11.4 Å². The van der Waals surface area contributed by atoms with Gasteiger partial charge in [-0.3, -0.25) is 9.35 Å². The molecular formula is C17H15N3O5S. The second-order valence-corrected chi connectivity index (χ2v) is 6.66. The molecule has 0 aliphatic carbocycles. The third-order valence-electron chi connectivity index (χ3n) is 3.35. The molecule has 0 radical (unpaired) electrons. The minimum Gasteiger partial charge on any atom is -0.508 e. The molecule has 0 aliphatic heterocycles. The number of aromatic hydroxyl groups is 1. The van der Waals surface area contributed by atoms with Crippen LogP contribution in [0.3, 0.4) is 0 Å². The molecule has 26 heavy (non-hydrogen) atoms. The number of rotatable bonds is 5. The van der Waals surface area contributed by atoms with Crippen LogP contribution >= 0.6 is 0 Å². The van der Waals surface area contributed by atoms with Crippen LogP contribution < -0.4 is 10.2 Å². The second kappa shape index (κ2) is 7.69. The molecule has 134 valence electrons. The van der Waals surface area contributed by atoms with Gasteiger partial charge in [-0.1, -0.05) is 0 Å². The Bertz CT molecular complexity index is 975. The van der Waals surface area contributed by atoms with Gasteiger partial charge in [-0.25, -0.2) is 0 Å². The predicted molar refractivity (Wildman–Crippen MR) is 95.1 cm³/mol. The van der Waals surface area contributed by atoms with E-state index >= 15 is 0 Å². The third-order valence-corrected chi connectivity index (χ3v) is 4.22. The highest BCUT2D eigenvalue weighted by atomic mass is 32.2. The largest absolute Gasteiger partial charge is 0.508 e. The predicted octanol–water partition coefficient (Wildman–Crippen LogP) is 2.12. The summed E-state index contributed by atoms with van der Waals surface area (Å²) < 4.78 is 30.9. The molecule has 1 amide bonds. The van der Waals surface area contributed by atoms with Gasteiger partial charge in [0, 0.05) is 24.6 Å². The van der Waals surface area contributed by atoms with Crippen LogP contribution in [0.1, 0.15) is 0 Å². The molecule has 0 bridgehead atoms. The SMILES string of the molecule is CN(/C=C(/C#N)C(=O)Nc1ccc(S(=O)(=O)O)cc1)c1ccc(O)cc1. The van der Waals surface area contributed by atoms with Gasteiger partial charge in [-0.05, 0) is 48.5 Å². The molecule has 0 atom stereocenters. The maximum Gasteiger partial charge on any atom is 0.294 e. The first-order valence-electron chi connectivity index (χ1n) is 7.23. The Labute approximate surface area is 150 Å². The van der Waals surface area contributed by atoms with Crippen molar-refractivity contribution < 1.29 is 22.9 Å². The van der Waals surface area contributed by atoms with Gasteiger partial charge < -0.3 is 15.3 Å². The Kier molecular flexibility index (Phi) is 5.61. The van der Waals surface area contributed by atoms with Gasteiger partial charge in [-0.15, -0.1) is 0 Å². The number of hydrogen-bond donors (Lipinski definition) is 3. The van der Waals surface area contributed by atoms with Crippen LogP contribution in [-0.4, -0.2) is 31.0 Å². The number of phenolic OH excluding ortho intramolecular Hbond substituents is 1. The number of anilines is 2. The number of nitriles is 1. The highest BCUT2D eigenvalue weighted by molar-refractivity contribution is 7.85. The van der Waals surface area contributed by atoms with E-state index in [0.29, 0.717) is 5.69 Å². The van der Waals surface area contributed by atoms with E-state index in [4.69, 9.17) is 4.55 Å². The summed E-state index contributed by atoms with van der Waals surface area (Å²) in [5, 5.41) is 21.0. The van der Waals surface area contributed by atoms with E-state index in [0.717, 1.165) is 12.1 Å². The van der Waals surface area contributed by atoms with Crippen molar-refractivity contribution in [2.24, 2.45) is 0 Å². The van der Waals surface area contributed by atoms with Gasteiger partial charge in [0.2, 0.25) is 0 Å². The molecule has 0 aromatic heterocycles. The molecule has 0 fully saturated rings. The molecule has 2 aromatic rings. The first kappa shape index (κ1) is 19.0. The zero-order valence-electron chi connectivity index (χ0n) is 13.6. The highest BCUT2D eigenvalue weighted by Gasteiger charge is 2.13. The van der Waals surface area contributed by atoms with E-state index in [9.17, 15) is 23.6 Å². The lowest BCUT2D eigenvalue weighted by atomic mass is 10.2. The maximum absolute atomic E-state index is 12.2. The summed E-state index contributed by atoms with van der Waals surface area (Å²) in [6, 6.07) is 12.8. The van der Waals surface area contributed by atoms with Crippen molar-refractivity contribution in [2.75, 3.05) is 17.3 Å². The van der Waals surface area contributed by atoms with E-state index in [1.54, 1.807) is 30.1 Å². The summed E-state index contributed by atoms with van der Waals surface area (Å²) in [6.45, 7) is 0. The average molecular weight is 373 g/mol. The van der Waals surface area contributed by atoms with Crippen LogP contribution in [0.15, 0.2) is 65.2 Å². The van der Waals surface area contributed by atoms with Crippen LogP contribution in [0.5, 0.6) is 5.75 Å². The zero-order chi connectivity index (χ0) is 19.3. The molecule has 0 aliphatic rings. The quantitative estimate of drug-likeness (QED) is 0.416. The lowest BCUT2D eigenvalue weighted by molar-refractivity contribution is -0.112. The molecule has 9 heteroatoms. The molecule has 0 saturated heterocycles. The van der Waals surface area contributed by atoms with E-state index in [-0.39, 0.29) is 21.9 Å². The smallest absolute Gasteiger partial charge is 0.294 e. The minimum atomic E-state index is -4.32. The van der Waals surface area contributed by atoms with Crippen molar-refractivity contribution >= 4 is 27.4 Å². The Hall–Kier alpha value is -3.35. The molecule has 2 aromatic carbocycles. The van der Waals surface area contributed by atoms with Crippen LogP contribution in [-0.2, 0) is 14.9 Å². The zero-order valence-corrected chi connectivity index (χ0v) is 14.4. The minimum absolute atomic E-state index is 0.0951.